The van der Waals surface area contributed by atoms with Crippen LogP contribution in [0.1, 0.15) is 36.5 Å². The molecule has 1 aliphatic rings. The molecule has 0 radical (unpaired) electrons. The first-order chi connectivity index (χ1) is 10.6. The first-order valence-corrected chi connectivity index (χ1v) is 7.64. The third kappa shape index (κ3) is 3.23. The largest absolute Gasteiger partial charge is 0.465 e. The topological polar surface area (TPSA) is 82.9 Å². The van der Waals surface area contributed by atoms with E-state index in [0.29, 0.717) is 25.1 Å². The zero-order valence-electron chi connectivity index (χ0n) is 13.2. The summed E-state index contributed by atoms with van der Waals surface area (Å²) in [4.78, 5) is 17.8. The molecule has 2 atom stereocenters. The molecule has 1 aromatic rings. The summed E-state index contributed by atoms with van der Waals surface area (Å²) in [6.07, 6.45) is 3.26. The standard InChI is InChI=1S/C16H24N2O4/c1-3-7-16(11-19)10-18(8-6-13(16)20)14-5-4-12(9-17-14)15(21)22-2/h4-5,9,13,19-20H,3,6-8,10-11H2,1-2H3/t13-,16+/m1/s1. The highest BCUT2D eigenvalue weighted by Gasteiger charge is 2.42. The van der Waals surface area contributed by atoms with Crippen molar-refractivity contribution >= 4 is 11.8 Å². The van der Waals surface area contributed by atoms with Gasteiger partial charge in [-0.05, 0) is 25.0 Å². The lowest BCUT2D eigenvalue weighted by molar-refractivity contribution is -0.0353. The van der Waals surface area contributed by atoms with E-state index >= 15 is 0 Å². The van der Waals surface area contributed by atoms with Gasteiger partial charge in [-0.3, -0.25) is 0 Å². The number of ether oxygens (including phenoxy) is 1. The van der Waals surface area contributed by atoms with Gasteiger partial charge in [-0.25, -0.2) is 9.78 Å². The average molecular weight is 308 g/mol. The Hall–Kier alpha value is -1.66. The van der Waals surface area contributed by atoms with Crippen LogP contribution in [0.15, 0.2) is 18.3 Å². The van der Waals surface area contributed by atoms with Crippen molar-refractivity contribution in [1.82, 2.24) is 4.98 Å². The number of aliphatic hydroxyl groups excluding tert-OH is 2. The number of pyridine rings is 1. The Bertz CT molecular complexity index is 505. The maximum absolute atomic E-state index is 11.4. The number of hydrogen-bond donors (Lipinski definition) is 2. The summed E-state index contributed by atoms with van der Waals surface area (Å²) in [5.74, 6) is 0.331. The fourth-order valence-corrected chi connectivity index (χ4v) is 3.13. The molecule has 122 valence electrons. The van der Waals surface area contributed by atoms with Gasteiger partial charge < -0.3 is 19.8 Å². The number of aromatic nitrogens is 1. The van der Waals surface area contributed by atoms with Gasteiger partial charge in [-0.15, -0.1) is 0 Å². The lowest BCUT2D eigenvalue weighted by Crippen LogP contribution is -2.54. The van der Waals surface area contributed by atoms with Gasteiger partial charge in [0.15, 0.2) is 0 Å². The first kappa shape index (κ1) is 16.7. The molecule has 22 heavy (non-hydrogen) atoms. The third-order valence-corrected chi connectivity index (χ3v) is 4.44. The Balaban J connectivity index is 2.17. The fourth-order valence-electron chi connectivity index (χ4n) is 3.13. The van der Waals surface area contributed by atoms with E-state index in [4.69, 9.17) is 0 Å². The number of anilines is 1. The van der Waals surface area contributed by atoms with E-state index < -0.39 is 17.5 Å². The smallest absolute Gasteiger partial charge is 0.339 e. The first-order valence-electron chi connectivity index (χ1n) is 7.64. The number of rotatable bonds is 5. The Morgan fingerprint density at radius 1 is 1.55 bits per heavy atom. The second-order valence-corrected chi connectivity index (χ2v) is 5.89. The van der Waals surface area contributed by atoms with E-state index in [-0.39, 0.29) is 6.61 Å². The number of methoxy groups -OCH3 is 1. The molecule has 2 heterocycles. The molecule has 6 heteroatoms. The highest BCUT2D eigenvalue weighted by atomic mass is 16.5. The van der Waals surface area contributed by atoms with Crippen LogP contribution >= 0.6 is 0 Å². The van der Waals surface area contributed by atoms with Crippen LogP contribution in [0.3, 0.4) is 0 Å². The van der Waals surface area contributed by atoms with Gasteiger partial charge in [0.05, 0.1) is 25.4 Å². The van der Waals surface area contributed by atoms with Crippen LogP contribution in [0.4, 0.5) is 5.82 Å². The Kier molecular flexibility index (Phi) is 5.37. The maximum Gasteiger partial charge on any atom is 0.339 e. The molecular weight excluding hydrogens is 284 g/mol. The number of piperidine rings is 1. The summed E-state index contributed by atoms with van der Waals surface area (Å²) in [6.45, 7) is 3.24. The summed E-state index contributed by atoms with van der Waals surface area (Å²) in [7, 11) is 1.34. The molecule has 0 spiro atoms. The number of nitrogens with zero attached hydrogens (tertiary/aromatic N) is 2. The minimum Gasteiger partial charge on any atom is -0.465 e. The van der Waals surface area contributed by atoms with Crippen LogP contribution < -0.4 is 4.90 Å². The monoisotopic (exact) mass is 308 g/mol. The molecule has 0 saturated carbocycles. The molecule has 0 amide bonds. The van der Waals surface area contributed by atoms with Crippen molar-refractivity contribution in [2.75, 3.05) is 31.7 Å². The molecule has 1 saturated heterocycles. The SMILES string of the molecule is CCC[C@@]1(CO)CN(c2ccc(C(=O)OC)cn2)CC[C@H]1O. The summed E-state index contributed by atoms with van der Waals surface area (Å²) in [6, 6.07) is 3.46. The second-order valence-electron chi connectivity index (χ2n) is 5.89. The number of carbonyl (C=O) groups is 1. The highest BCUT2D eigenvalue weighted by Crippen LogP contribution is 2.36. The van der Waals surface area contributed by atoms with Gasteiger partial charge in [0.1, 0.15) is 5.82 Å². The Labute approximate surface area is 130 Å². The predicted octanol–water partition coefficient (Wildman–Crippen LogP) is 1.22. The minimum absolute atomic E-state index is 0.0429. The summed E-state index contributed by atoms with van der Waals surface area (Å²) in [5, 5.41) is 20.1. The van der Waals surface area contributed by atoms with Crippen LogP contribution in [-0.4, -0.2) is 54.1 Å². The van der Waals surface area contributed by atoms with E-state index in [9.17, 15) is 15.0 Å². The summed E-state index contributed by atoms with van der Waals surface area (Å²) < 4.78 is 4.66. The number of esters is 1. The molecule has 2 N–H and O–H groups in total. The molecule has 2 rings (SSSR count). The van der Waals surface area contributed by atoms with E-state index in [2.05, 4.69) is 14.6 Å². The average Bonchev–Trinajstić information content (AvgIpc) is 2.56. The van der Waals surface area contributed by atoms with Crippen molar-refractivity contribution in [3.63, 3.8) is 0 Å². The predicted molar refractivity (Wildman–Crippen MR) is 82.8 cm³/mol. The molecule has 0 bridgehead atoms. The Morgan fingerprint density at radius 3 is 2.86 bits per heavy atom. The summed E-state index contributed by atoms with van der Waals surface area (Å²) >= 11 is 0. The van der Waals surface area contributed by atoms with Crippen LogP contribution in [0.2, 0.25) is 0 Å². The number of hydrogen-bond acceptors (Lipinski definition) is 6. The molecule has 6 nitrogen and oxygen atoms in total. The number of aliphatic hydroxyl groups is 2. The summed E-state index contributed by atoms with van der Waals surface area (Å²) in [5.41, 5.74) is -0.0966. The molecular formula is C16H24N2O4. The molecule has 0 unspecified atom stereocenters. The molecule has 1 aromatic heterocycles. The quantitative estimate of drug-likeness (QED) is 0.796. The van der Waals surface area contributed by atoms with Crippen molar-refractivity contribution in [2.24, 2.45) is 5.41 Å². The van der Waals surface area contributed by atoms with Crippen molar-refractivity contribution in [3.05, 3.63) is 23.9 Å². The van der Waals surface area contributed by atoms with E-state index in [1.807, 2.05) is 6.92 Å². The molecule has 1 fully saturated rings. The van der Waals surface area contributed by atoms with E-state index in [0.717, 1.165) is 18.7 Å². The van der Waals surface area contributed by atoms with Crippen LogP contribution in [-0.2, 0) is 4.74 Å². The minimum atomic E-state index is -0.504. The fraction of sp³-hybridized carbons (Fsp3) is 0.625. The van der Waals surface area contributed by atoms with Crippen LogP contribution in [0.5, 0.6) is 0 Å². The number of carbonyl (C=O) groups excluding carboxylic acids is 1. The maximum atomic E-state index is 11.4. The van der Waals surface area contributed by atoms with Gasteiger partial charge in [0, 0.05) is 24.7 Å². The lowest BCUT2D eigenvalue weighted by Gasteiger charge is -2.45. The molecule has 1 aliphatic heterocycles. The second kappa shape index (κ2) is 7.07. The van der Waals surface area contributed by atoms with Crippen LogP contribution in [0, 0.1) is 5.41 Å². The third-order valence-electron chi connectivity index (χ3n) is 4.44. The van der Waals surface area contributed by atoms with E-state index in [1.165, 1.54) is 13.3 Å². The van der Waals surface area contributed by atoms with Gasteiger partial charge in [-0.2, -0.15) is 0 Å². The van der Waals surface area contributed by atoms with Crippen molar-refractivity contribution < 1.29 is 19.7 Å². The van der Waals surface area contributed by atoms with Crippen LogP contribution in [0.25, 0.3) is 0 Å². The Morgan fingerprint density at radius 2 is 2.32 bits per heavy atom. The van der Waals surface area contributed by atoms with Gasteiger partial charge >= 0.3 is 5.97 Å². The normalized spacial score (nSPS) is 25.1. The van der Waals surface area contributed by atoms with Gasteiger partial charge in [0.25, 0.3) is 0 Å². The van der Waals surface area contributed by atoms with Crippen molar-refractivity contribution in [1.29, 1.82) is 0 Å². The highest BCUT2D eigenvalue weighted by molar-refractivity contribution is 5.89. The van der Waals surface area contributed by atoms with Gasteiger partial charge in [-0.1, -0.05) is 13.3 Å². The lowest BCUT2D eigenvalue weighted by atomic mass is 9.74. The van der Waals surface area contributed by atoms with Crippen molar-refractivity contribution in [3.8, 4) is 0 Å². The zero-order chi connectivity index (χ0) is 16.2. The van der Waals surface area contributed by atoms with E-state index in [1.54, 1.807) is 12.1 Å². The molecule has 0 aromatic carbocycles. The van der Waals surface area contributed by atoms with Gasteiger partial charge in [0.2, 0.25) is 0 Å². The molecule has 0 aliphatic carbocycles. The van der Waals surface area contributed by atoms with Crippen molar-refractivity contribution in [2.45, 2.75) is 32.3 Å². The zero-order valence-corrected chi connectivity index (χ0v) is 13.2.